The summed E-state index contributed by atoms with van der Waals surface area (Å²) in [6.07, 6.45) is 5.88. The zero-order valence-electron chi connectivity index (χ0n) is 31.6. The van der Waals surface area contributed by atoms with Gasteiger partial charge in [0.2, 0.25) is 5.91 Å². The molecule has 6 rings (SSSR count). The smallest absolute Gasteiger partial charge is 0.227 e. The van der Waals surface area contributed by atoms with Crippen LogP contribution in [0.5, 0.6) is 11.5 Å². The summed E-state index contributed by atoms with van der Waals surface area (Å²) in [4.78, 5) is 30.1. The van der Waals surface area contributed by atoms with Crippen LogP contribution in [0.3, 0.4) is 0 Å². The van der Waals surface area contributed by atoms with E-state index in [-0.39, 0.29) is 30.4 Å². The van der Waals surface area contributed by atoms with Crippen LogP contribution in [0, 0.1) is 17.0 Å². The third-order valence-electron chi connectivity index (χ3n) is 11.5. The Kier molecular flexibility index (Phi) is 13.1. The van der Waals surface area contributed by atoms with Crippen LogP contribution in [-0.4, -0.2) is 79.5 Å². The summed E-state index contributed by atoms with van der Waals surface area (Å²) in [6, 6.07) is 14.1. The molecule has 4 atom stereocenters. The number of aliphatic hydroxyl groups is 2. The van der Waals surface area contributed by atoms with Crippen molar-refractivity contribution in [1.82, 2.24) is 4.90 Å². The molecule has 286 valence electrons. The normalized spacial score (nSPS) is 23.2. The number of hydrogen-bond donors (Lipinski definition) is 2. The monoisotopic (exact) mass is 733 g/mol. The average molecular weight is 734 g/mol. The van der Waals surface area contributed by atoms with Gasteiger partial charge in [-0.1, -0.05) is 36.8 Å². The molecule has 1 amide bonds. The predicted molar refractivity (Wildman–Crippen MR) is 200 cm³/mol. The molecule has 3 aromatic carbocycles. The molecule has 0 saturated heterocycles. The first-order valence-corrected chi connectivity index (χ1v) is 18.5. The van der Waals surface area contributed by atoms with Crippen molar-refractivity contribution in [2.75, 3.05) is 41.0 Å². The van der Waals surface area contributed by atoms with Crippen molar-refractivity contribution >= 4 is 11.7 Å². The fraction of sp³-hybridized carbons (Fsp3) is 0.488. The van der Waals surface area contributed by atoms with E-state index in [0.717, 1.165) is 28.8 Å². The maximum atomic E-state index is 14.4. The Hall–Kier alpha value is -4.12. The van der Waals surface area contributed by atoms with E-state index in [2.05, 4.69) is 19.9 Å². The maximum Gasteiger partial charge on any atom is 0.227 e. The lowest BCUT2D eigenvalue weighted by Gasteiger charge is -2.46. The maximum absolute atomic E-state index is 14.4. The van der Waals surface area contributed by atoms with E-state index in [4.69, 9.17) is 14.2 Å². The van der Waals surface area contributed by atoms with Crippen LogP contribution in [0.2, 0.25) is 0 Å². The Morgan fingerprint density at radius 2 is 1.72 bits per heavy atom. The zero-order chi connectivity index (χ0) is 38.3. The number of rotatable bonds is 12. The first kappa shape index (κ1) is 40.1. The second-order valence-electron chi connectivity index (χ2n) is 14.9. The molecule has 0 aliphatic heterocycles. The molecule has 0 radical (unpaired) electrons. The van der Waals surface area contributed by atoms with E-state index in [9.17, 15) is 28.6 Å². The molecular weight excluding hydrogens is 680 g/mol. The third-order valence-corrected chi connectivity index (χ3v) is 11.5. The highest BCUT2D eigenvalue weighted by Gasteiger charge is 2.57. The van der Waals surface area contributed by atoms with Gasteiger partial charge < -0.3 is 29.3 Å². The van der Waals surface area contributed by atoms with Gasteiger partial charge in [0.25, 0.3) is 0 Å². The van der Waals surface area contributed by atoms with E-state index in [1.165, 1.54) is 6.07 Å². The van der Waals surface area contributed by atoms with Gasteiger partial charge in [-0.15, -0.1) is 0 Å². The molecule has 3 aliphatic rings. The van der Waals surface area contributed by atoms with Gasteiger partial charge >= 0.3 is 0 Å². The van der Waals surface area contributed by atoms with Gasteiger partial charge in [0.15, 0.2) is 28.9 Å². The molecule has 0 heterocycles. The molecular formula is C43H53F2NO7. The predicted octanol–water partition coefficient (Wildman–Crippen LogP) is 7.36. The lowest BCUT2D eigenvalue weighted by molar-refractivity contribution is -0.139. The number of fused-ring (bicyclic) bond motifs is 8. The van der Waals surface area contributed by atoms with E-state index in [0.29, 0.717) is 87.1 Å². The molecule has 0 unspecified atom stereocenters. The number of ether oxygens (including phenoxy) is 3. The fourth-order valence-corrected chi connectivity index (χ4v) is 8.27. The minimum Gasteiger partial charge on any atom is -0.493 e. The SMILES string of the molecule is COCCCN(C[C@]1(O)CC[C@H]2c3ccc(cc3C(=O)c3ccc(F)c(F)c3)C[C@@H](O)CCC(C)=CCC[C@@]21C)C(=O)Cc1ccc(OC)c(OC)c1. The number of ketones is 1. The van der Waals surface area contributed by atoms with E-state index in [1.54, 1.807) is 44.4 Å². The molecule has 53 heavy (non-hydrogen) atoms. The number of aliphatic hydroxyl groups excluding tert-OH is 1. The Balaban J connectivity index is 1.56. The van der Waals surface area contributed by atoms with Gasteiger partial charge in [0, 0.05) is 43.3 Å². The Bertz CT molecular complexity index is 1810. The first-order valence-electron chi connectivity index (χ1n) is 18.5. The number of halogens is 2. The molecule has 3 aliphatic carbocycles. The molecule has 10 heteroatoms. The number of methoxy groups -OCH3 is 3. The molecule has 2 N–H and O–H groups in total. The summed E-state index contributed by atoms with van der Waals surface area (Å²) in [5.74, 6) is -1.99. The van der Waals surface area contributed by atoms with Crippen molar-refractivity contribution in [3.8, 4) is 11.5 Å². The van der Waals surface area contributed by atoms with Crippen LogP contribution in [0.25, 0.3) is 0 Å². The number of carbonyl (C=O) groups excluding carboxylic acids is 2. The second kappa shape index (κ2) is 17.3. The number of allylic oxidation sites excluding steroid dienone is 2. The van der Waals surface area contributed by atoms with Crippen LogP contribution in [0.15, 0.2) is 66.2 Å². The highest BCUT2D eigenvalue weighted by Crippen LogP contribution is 2.59. The number of hydrogen-bond acceptors (Lipinski definition) is 7. The van der Waals surface area contributed by atoms with Crippen molar-refractivity contribution in [3.63, 3.8) is 0 Å². The summed E-state index contributed by atoms with van der Waals surface area (Å²) >= 11 is 0. The molecule has 1 saturated carbocycles. The van der Waals surface area contributed by atoms with E-state index >= 15 is 0 Å². The summed E-state index contributed by atoms with van der Waals surface area (Å²) in [7, 11) is 4.71. The first-order chi connectivity index (χ1) is 25.3. The third kappa shape index (κ3) is 8.99. The minimum absolute atomic E-state index is 0.0163. The molecule has 3 aromatic rings. The van der Waals surface area contributed by atoms with E-state index in [1.807, 2.05) is 18.2 Å². The van der Waals surface area contributed by atoms with Gasteiger partial charge in [0.05, 0.1) is 32.3 Å². The van der Waals surface area contributed by atoms with Crippen molar-refractivity contribution in [3.05, 3.63) is 106 Å². The Labute approximate surface area is 311 Å². The topological polar surface area (TPSA) is 106 Å². The summed E-state index contributed by atoms with van der Waals surface area (Å²) in [5.41, 5.74) is 1.57. The van der Waals surface area contributed by atoms with Crippen LogP contribution >= 0.6 is 0 Å². The van der Waals surface area contributed by atoms with Gasteiger partial charge in [-0.05, 0) is 117 Å². The van der Waals surface area contributed by atoms with Crippen molar-refractivity contribution in [2.45, 2.75) is 89.3 Å². The lowest BCUT2D eigenvalue weighted by Crippen LogP contribution is -2.54. The van der Waals surface area contributed by atoms with Crippen LogP contribution in [-0.2, 0) is 22.4 Å². The average Bonchev–Trinajstić information content (AvgIpc) is 3.39. The zero-order valence-corrected chi connectivity index (χ0v) is 31.6. The van der Waals surface area contributed by atoms with Crippen LogP contribution in [0.1, 0.15) is 97.3 Å². The molecule has 8 nitrogen and oxygen atoms in total. The number of amides is 1. The number of benzene rings is 3. The van der Waals surface area contributed by atoms with Gasteiger partial charge in [-0.3, -0.25) is 9.59 Å². The summed E-state index contributed by atoms with van der Waals surface area (Å²) in [6.45, 7) is 5.00. The highest BCUT2D eigenvalue weighted by atomic mass is 19.2. The van der Waals surface area contributed by atoms with Crippen molar-refractivity contribution < 1.29 is 42.8 Å². The van der Waals surface area contributed by atoms with Crippen LogP contribution in [0.4, 0.5) is 8.78 Å². The van der Waals surface area contributed by atoms with E-state index < -0.39 is 34.5 Å². The summed E-state index contributed by atoms with van der Waals surface area (Å²) < 4.78 is 44.5. The second-order valence-corrected chi connectivity index (χ2v) is 14.9. The molecule has 0 spiro atoms. The number of nitrogens with zero attached hydrogens (tertiary/aromatic N) is 1. The van der Waals surface area contributed by atoms with Gasteiger partial charge in [-0.2, -0.15) is 0 Å². The Morgan fingerprint density at radius 1 is 0.943 bits per heavy atom. The quantitative estimate of drug-likeness (QED) is 0.114. The van der Waals surface area contributed by atoms with Gasteiger partial charge in [-0.25, -0.2) is 8.78 Å². The van der Waals surface area contributed by atoms with Crippen LogP contribution < -0.4 is 9.47 Å². The Morgan fingerprint density at radius 3 is 2.43 bits per heavy atom. The van der Waals surface area contributed by atoms with Gasteiger partial charge in [0.1, 0.15) is 0 Å². The summed E-state index contributed by atoms with van der Waals surface area (Å²) in [5, 5.41) is 23.8. The molecule has 0 aromatic heterocycles. The largest absolute Gasteiger partial charge is 0.493 e. The van der Waals surface area contributed by atoms with Crippen molar-refractivity contribution in [1.29, 1.82) is 0 Å². The number of carbonyl (C=O) groups is 2. The molecule has 1 fully saturated rings. The lowest BCUT2D eigenvalue weighted by atomic mass is 9.64. The standard InChI is InChI=1S/C43H53F2NO7/c1-28-8-6-18-42(2)35(33-14-10-29(22-32(47)13-9-28)23-34(33)41(49)31-12-15-36(44)37(45)26-31)17-19-43(42,50)27-46(20-7-21-51-3)40(48)25-30-11-16-38(52-4)39(24-30)53-5/h8,10-12,14-16,23-24,26,32,35,47,50H,6-7,9,13,17-22,25,27H2,1-5H3/t32-,35-,42-,43+/m0/s1. The van der Waals surface area contributed by atoms with Crippen molar-refractivity contribution in [2.24, 2.45) is 5.41 Å². The molecule has 2 bridgehead atoms. The minimum atomic E-state index is -1.34. The fourth-order valence-electron chi connectivity index (χ4n) is 8.27. The highest BCUT2D eigenvalue weighted by molar-refractivity contribution is 6.10.